The van der Waals surface area contributed by atoms with Crippen molar-refractivity contribution in [1.29, 1.82) is 0 Å². The lowest BCUT2D eigenvalue weighted by Crippen LogP contribution is -2.31. The number of ether oxygens (including phenoxy) is 1. The van der Waals surface area contributed by atoms with E-state index in [2.05, 4.69) is 12.1 Å². The van der Waals surface area contributed by atoms with Crippen LogP contribution in [0.3, 0.4) is 0 Å². The molecule has 1 unspecified atom stereocenters. The van der Waals surface area contributed by atoms with Gasteiger partial charge >= 0.3 is 0 Å². The van der Waals surface area contributed by atoms with E-state index in [-0.39, 0.29) is 11.8 Å². The maximum Gasteiger partial charge on any atom is 0.234 e. The highest BCUT2D eigenvalue weighted by Crippen LogP contribution is 2.32. The van der Waals surface area contributed by atoms with Gasteiger partial charge in [-0.15, -0.1) is 0 Å². The minimum atomic E-state index is -0.223. The second kappa shape index (κ2) is 5.60. The van der Waals surface area contributed by atoms with Gasteiger partial charge in [0.2, 0.25) is 5.91 Å². The second-order valence-corrected chi connectivity index (χ2v) is 5.41. The van der Waals surface area contributed by atoms with E-state index in [1.165, 1.54) is 5.56 Å². The van der Waals surface area contributed by atoms with E-state index < -0.39 is 0 Å². The van der Waals surface area contributed by atoms with E-state index in [9.17, 15) is 4.79 Å². The third kappa shape index (κ3) is 2.51. The molecule has 0 aromatic heterocycles. The minimum Gasteiger partial charge on any atom is -0.497 e. The van der Waals surface area contributed by atoms with Crippen LogP contribution in [0.5, 0.6) is 5.75 Å². The van der Waals surface area contributed by atoms with Crippen LogP contribution >= 0.6 is 0 Å². The standard InChI is InChI=1S/C18H19NO2/c1-19-12-11-13-5-3-4-6-16(13)17(18(19)20)14-7-9-15(21-2)10-8-14/h3-10,17H,11-12H2,1-2H3. The molecule has 1 amide bonds. The van der Waals surface area contributed by atoms with Crippen molar-refractivity contribution in [2.45, 2.75) is 12.3 Å². The van der Waals surface area contributed by atoms with E-state index in [0.29, 0.717) is 0 Å². The Morgan fingerprint density at radius 3 is 2.52 bits per heavy atom. The van der Waals surface area contributed by atoms with Gasteiger partial charge in [-0.25, -0.2) is 0 Å². The van der Waals surface area contributed by atoms with E-state index in [4.69, 9.17) is 4.74 Å². The molecule has 1 aliphatic rings. The van der Waals surface area contributed by atoms with Crippen molar-refractivity contribution in [2.24, 2.45) is 0 Å². The molecule has 21 heavy (non-hydrogen) atoms. The van der Waals surface area contributed by atoms with Crippen molar-refractivity contribution in [1.82, 2.24) is 4.90 Å². The number of rotatable bonds is 2. The summed E-state index contributed by atoms with van der Waals surface area (Å²) in [5.41, 5.74) is 3.40. The Kier molecular flexibility index (Phi) is 3.65. The number of fused-ring (bicyclic) bond motifs is 1. The Hall–Kier alpha value is -2.29. The van der Waals surface area contributed by atoms with Crippen LogP contribution in [0.1, 0.15) is 22.6 Å². The Labute approximate surface area is 125 Å². The molecule has 3 nitrogen and oxygen atoms in total. The molecule has 1 atom stereocenters. The van der Waals surface area contributed by atoms with Crippen LogP contribution in [0, 0.1) is 0 Å². The van der Waals surface area contributed by atoms with Gasteiger partial charge in [0, 0.05) is 13.6 Å². The van der Waals surface area contributed by atoms with Crippen molar-refractivity contribution >= 4 is 5.91 Å². The predicted octanol–water partition coefficient (Wildman–Crippen LogP) is 2.84. The third-order valence-corrected chi connectivity index (χ3v) is 4.15. The minimum absolute atomic E-state index is 0.158. The number of hydrogen-bond donors (Lipinski definition) is 0. The fourth-order valence-electron chi connectivity index (χ4n) is 2.91. The molecule has 0 saturated heterocycles. The largest absolute Gasteiger partial charge is 0.497 e. The normalized spacial score (nSPS) is 18.1. The van der Waals surface area contributed by atoms with Gasteiger partial charge in [0.15, 0.2) is 0 Å². The fourth-order valence-corrected chi connectivity index (χ4v) is 2.91. The van der Waals surface area contributed by atoms with Gasteiger partial charge in [0.05, 0.1) is 13.0 Å². The molecule has 1 heterocycles. The molecular formula is C18H19NO2. The molecule has 108 valence electrons. The van der Waals surface area contributed by atoms with Crippen molar-refractivity contribution in [3.63, 3.8) is 0 Å². The number of likely N-dealkylation sites (N-methyl/N-ethyl adjacent to an activating group) is 1. The van der Waals surface area contributed by atoms with Gasteiger partial charge in [-0.3, -0.25) is 4.79 Å². The van der Waals surface area contributed by atoms with Gasteiger partial charge < -0.3 is 9.64 Å². The van der Waals surface area contributed by atoms with Crippen molar-refractivity contribution in [3.8, 4) is 5.75 Å². The van der Waals surface area contributed by atoms with Crippen molar-refractivity contribution < 1.29 is 9.53 Å². The number of nitrogens with zero attached hydrogens (tertiary/aromatic N) is 1. The van der Waals surface area contributed by atoms with Crippen LogP contribution < -0.4 is 4.74 Å². The molecule has 0 spiro atoms. The summed E-state index contributed by atoms with van der Waals surface area (Å²) in [7, 11) is 3.53. The molecule has 2 aromatic carbocycles. The number of amides is 1. The summed E-state index contributed by atoms with van der Waals surface area (Å²) in [6.45, 7) is 0.766. The monoisotopic (exact) mass is 281 g/mol. The summed E-state index contributed by atoms with van der Waals surface area (Å²) in [4.78, 5) is 14.6. The molecule has 0 aliphatic carbocycles. The molecule has 3 rings (SSSR count). The zero-order valence-corrected chi connectivity index (χ0v) is 12.4. The Morgan fingerprint density at radius 1 is 1.10 bits per heavy atom. The highest BCUT2D eigenvalue weighted by molar-refractivity contribution is 5.88. The summed E-state index contributed by atoms with van der Waals surface area (Å²) < 4.78 is 5.20. The maximum absolute atomic E-state index is 12.8. The second-order valence-electron chi connectivity index (χ2n) is 5.41. The topological polar surface area (TPSA) is 29.5 Å². The van der Waals surface area contributed by atoms with Crippen LogP contribution in [-0.4, -0.2) is 31.5 Å². The molecule has 2 aromatic rings. The van der Waals surface area contributed by atoms with Crippen LogP contribution in [0.25, 0.3) is 0 Å². The highest BCUT2D eigenvalue weighted by atomic mass is 16.5. The predicted molar refractivity (Wildman–Crippen MR) is 82.6 cm³/mol. The summed E-state index contributed by atoms with van der Waals surface area (Å²) >= 11 is 0. The number of benzene rings is 2. The molecular weight excluding hydrogens is 262 g/mol. The summed E-state index contributed by atoms with van der Waals surface area (Å²) in [6, 6.07) is 16.0. The van der Waals surface area contributed by atoms with Crippen molar-refractivity contribution in [3.05, 3.63) is 65.2 Å². The van der Waals surface area contributed by atoms with E-state index >= 15 is 0 Å². The van der Waals surface area contributed by atoms with Gasteiger partial charge in [-0.1, -0.05) is 36.4 Å². The Balaban J connectivity index is 2.09. The molecule has 0 saturated carbocycles. The smallest absolute Gasteiger partial charge is 0.234 e. The van der Waals surface area contributed by atoms with Gasteiger partial charge in [-0.2, -0.15) is 0 Å². The lowest BCUT2D eigenvalue weighted by molar-refractivity contribution is -0.130. The summed E-state index contributed by atoms with van der Waals surface area (Å²) in [5, 5.41) is 0. The van der Waals surface area contributed by atoms with Crippen LogP contribution in [0.2, 0.25) is 0 Å². The number of methoxy groups -OCH3 is 1. The molecule has 0 bridgehead atoms. The lowest BCUT2D eigenvalue weighted by Gasteiger charge is -2.21. The zero-order valence-electron chi connectivity index (χ0n) is 12.4. The first-order valence-corrected chi connectivity index (χ1v) is 7.17. The summed E-state index contributed by atoms with van der Waals surface area (Å²) in [6.07, 6.45) is 0.908. The highest BCUT2D eigenvalue weighted by Gasteiger charge is 2.30. The van der Waals surface area contributed by atoms with Gasteiger partial charge in [-0.05, 0) is 35.2 Å². The Morgan fingerprint density at radius 2 is 1.81 bits per heavy atom. The number of carbonyl (C=O) groups is 1. The average Bonchev–Trinajstić information content (AvgIpc) is 2.65. The van der Waals surface area contributed by atoms with Crippen LogP contribution in [0.4, 0.5) is 0 Å². The van der Waals surface area contributed by atoms with Crippen LogP contribution in [0.15, 0.2) is 48.5 Å². The van der Waals surface area contributed by atoms with E-state index in [1.807, 2.05) is 48.3 Å². The maximum atomic E-state index is 12.8. The third-order valence-electron chi connectivity index (χ3n) is 4.15. The Bertz CT molecular complexity index is 649. The summed E-state index contributed by atoms with van der Waals surface area (Å²) in [5.74, 6) is 0.742. The molecule has 0 fully saturated rings. The first-order chi connectivity index (χ1) is 10.2. The number of hydrogen-bond acceptors (Lipinski definition) is 2. The van der Waals surface area contributed by atoms with E-state index in [1.54, 1.807) is 7.11 Å². The van der Waals surface area contributed by atoms with E-state index in [0.717, 1.165) is 29.8 Å². The lowest BCUT2D eigenvalue weighted by atomic mass is 9.87. The van der Waals surface area contributed by atoms with Gasteiger partial charge in [0.25, 0.3) is 0 Å². The average molecular weight is 281 g/mol. The first kappa shape index (κ1) is 13.7. The first-order valence-electron chi connectivity index (χ1n) is 7.17. The van der Waals surface area contributed by atoms with Gasteiger partial charge in [0.1, 0.15) is 5.75 Å². The molecule has 0 N–H and O–H groups in total. The quantitative estimate of drug-likeness (QED) is 0.847. The molecule has 3 heteroatoms. The number of carbonyl (C=O) groups excluding carboxylic acids is 1. The molecule has 0 radical (unpaired) electrons. The zero-order chi connectivity index (χ0) is 14.8. The fraction of sp³-hybridized carbons (Fsp3) is 0.278. The SMILES string of the molecule is COc1ccc(C2C(=O)N(C)CCc3ccccc32)cc1. The van der Waals surface area contributed by atoms with Crippen LogP contribution in [-0.2, 0) is 11.2 Å². The van der Waals surface area contributed by atoms with Crippen molar-refractivity contribution in [2.75, 3.05) is 20.7 Å². The molecule has 1 aliphatic heterocycles.